The molecule has 0 aliphatic heterocycles. The Balaban J connectivity index is 1.95. The summed E-state index contributed by atoms with van der Waals surface area (Å²) < 4.78 is 1.93. The van der Waals surface area contributed by atoms with Gasteiger partial charge >= 0.3 is 0 Å². The Morgan fingerprint density at radius 1 is 1.08 bits per heavy atom. The fourth-order valence-electron chi connectivity index (χ4n) is 2.94. The lowest BCUT2D eigenvalue weighted by atomic mass is 10.1. The van der Waals surface area contributed by atoms with Crippen molar-refractivity contribution in [2.75, 3.05) is 13.6 Å². The lowest BCUT2D eigenvalue weighted by molar-refractivity contribution is 0.303. The maximum Gasteiger partial charge on any atom is 0.0972 e. The average Bonchev–Trinajstić information content (AvgIpc) is 3.06. The van der Waals surface area contributed by atoms with Gasteiger partial charge in [-0.3, -0.25) is 0 Å². The van der Waals surface area contributed by atoms with Crippen molar-refractivity contribution in [2.45, 2.75) is 13.5 Å². The van der Waals surface area contributed by atoms with Gasteiger partial charge in [-0.1, -0.05) is 48.5 Å². The van der Waals surface area contributed by atoms with Crippen LogP contribution in [-0.4, -0.2) is 28.3 Å². The van der Waals surface area contributed by atoms with Gasteiger partial charge in [-0.25, -0.2) is 4.68 Å². The van der Waals surface area contributed by atoms with Crippen LogP contribution in [0, 0.1) is 17.2 Å². The van der Waals surface area contributed by atoms with Crippen LogP contribution in [0.15, 0.2) is 66.9 Å². The predicted molar refractivity (Wildman–Crippen MR) is 100 cm³/mol. The van der Waals surface area contributed by atoms with Crippen LogP contribution in [0.3, 0.4) is 0 Å². The van der Waals surface area contributed by atoms with Crippen molar-refractivity contribution in [3.63, 3.8) is 0 Å². The molecule has 126 valence electrons. The Bertz CT molecular complexity index is 847. The summed E-state index contributed by atoms with van der Waals surface area (Å²) in [5.41, 5.74) is 4.29. The summed E-state index contributed by atoms with van der Waals surface area (Å²) in [6.07, 6.45) is 2.09. The van der Waals surface area contributed by atoms with E-state index < -0.39 is 0 Å². The topological polar surface area (TPSA) is 44.9 Å². The highest BCUT2D eigenvalue weighted by molar-refractivity contribution is 5.63. The van der Waals surface area contributed by atoms with Crippen LogP contribution in [0.2, 0.25) is 0 Å². The highest BCUT2D eigenvalue weighted by atomic mass is 15.3. The molecule has 25 heavy (non-hydrogen) atoms. The van der Waals surface area contributed by atoms with Crippen LogP contribution in [0.25, 0.3) is 16.9 Å². The number of hydrogen-bond acceptors (Lipinski definition) is 3. The molecule has 0 N–H and O–H groups in total. The number of aromatic nitrogens is 2. The van der Waals surface area contributed by atoms with Crippen molar-refractivity contribution in [3.8, 4) is 23.0 Å². The molecule has 1 atom stereocenters. The molecule has 3 aromatic rings. The monoisotopic (exact) mass is 330 g/mol. The van der Waals surface area contributed by atoms with Crippen LogP contribution < -0.4 is 0 Å². The summed E-state index contributed by atoms with van der Waals surface area (Å²) in [7, 11) is 2.04. The fraction of sp³-hybridized carbons (Fsp3) is 0.238. The summed E-state index contributed by atoms with van der Waals surface area (Å²) in [5.74, 6) is 0.00865. The molecule has 0 amide bonds. The minimum atomic E-state index is 0.00865. The molecule has 0 radical (unpaired) electrons. The van der Waals surface area contributed by atoms with E-state index in [-0.39, 0.29) is 5.92 Å². The molecule has 2 aromatic carbocycles. The number of hydrogen-bond donors (Lipinski definition) is 0. The van der Waals surface area contributed by atoms with Gasteiger partial charge in [0.1, 0.15) is 0 Å². The minimum Gasteiger partial charge on any atom is -0.301 e. The van der Waals surface area contributed by atoms with E-state index in [4.69, 9.17) is 10.4 Å². The van der Waals surface area contributed by atoms with E-state index in [2.05, 4.69) is 29.3 Å². The van der Waals surface area contributed by atoms with Crippen molar-refractivity contribution in [3.05, 3.63) is 72.4 Å². The van der Waals surface area contributed by atoms with Gasteiger partial charge in [-0.15, -0.1) is 0 Å². The van der Waals surface area contributed by atoms with Gasteiger partial charge in [0.15, 0.2) is 0 Å². The zero-order chi connectivity index (χ0) is 17.6. The second-order valence-electron chi connectivity index (χ2n) is 6.38. The Kier molecular flexibility index (Phi) is 5.27. The van der Waals surface area contributed by atoms with E-state index >= 15 is 0 Å². The van der Waals surface area contributed by atoms with E-state index in [1.165, 1.54) is 0 Å². The van der Waals surface area contributed by atoms with Gasteiger partial charge in [-0.2, -0.15) is 10.4 Å². The summed E-state index contributed by atoms with van der Waals surface area (Å²) in [6.45, 7) is 3.44. The first-order chi connectivity index (χ1) is 12.2. The van der Waals surface area contributed by atoms with Crippen molar-refractivity contribution >= 4 is 0 Å². The van der Waals surface area contributed by atoms with Gasteiger partial charge in [-0.05, 0) is 26.1 Å². The molecule has 0 spiro atoms. The third kappa shape index (κ3) is 4.14. The predicted octanol–water partition coefficient (Wildman–Crippen LogP) is 4.13. The number of benzene rings is 2. The number of nitriles is 1. The molecule has 4 nitrogen and oxygen atoms in total. The van der Waals surface area contributed by atoms with E-state index in [9.17, 15) is 0 Å². The van der Waals surface area contributed by atoms with Gasteiger partial charge in [0.2, 0.25) is 0 Å². The molecule has 0 unspecified atom stereocenters. The van der Waals surface area contributed by atoms with Crippen molar-refractivity contribution in [1.29, 1.82) is 5.26 Å². The van der Waals surface area contributed by atoms with Gasteiger partial charge in [0.05, 0.1) is 23.4 Å². The summed E-state index contributed by atoms with van der Waals surface area (Å²) >= 11 is 0. The van der Waals surface area contributed by atoms with Crippen LogP contribution >= 0.6 is 0 Å². The van der Waals surface area contributed by atoms with Crippen LogP contribution in [-0.2, 0) is 6.54 Å². The lowest BCUT2D eigenvalue weighted by Crippen LogP contribution is -2.23. The average molecular weight is 330 g/mol. The quantitative estimate of drug-likeness (QED) is 0.682. The molecule has 3 rings (SSSR count). The molecular weight excluding hydrogens is 308 g/mol. The van der Waals surface area contributed by atoms with Gasteiger partial charge < -0.3 is 4.90 Å². The first-order valence-corrected chi connectivity index (χ1v) is 8.45. The molecule has 1 aromatic heterocycles. The Labute approximate surface area is 148 Å². The second-order valence-corrected chi connectivity index (χ2v) is 6.38. The van der Waals surface area contributed by atoms with Crippen LogP contribution in [0.5, 0.6) is 0 Å². The number of rotatable bonds is 6. The van der Waals surface area contributed by atoms with E-state index in [0.29, 0.717) is 0 Å². The number of para-hydroxylation sites is 1. The molecule has 4 heteroatoms. The molecule has 0 aliphatic rings. The van der Waals surface area contributed by atoms with Crippen molar-refractivity contribution in [2.24, 2.45) is 5.92 Å². The molecule has 1 heterocycles. The van der Waals surface area contributed by atoms with E-state index in [0.717, 1.165) is 35.6 Å². The molecular formula is C21H22N4. The maximum atomic E-state index is 9.04. The SMILES string of the molecule is C[C@H](C#N)CN(C)Cc1cn(-c2ccccc2)nc1-c1ccccc1. The number of nitrogens with zero attached hydrogens (tertiary/aromatic N) is 4. The Hall–Kier alpha value is -2.90. The summed E-state index contributed by atoms with van der Waals surface area (Å²) in [5, 5.41) is 13.9. The van der Waals surface area contributed by atoms with Crippen LogP contribution in [0.4, 0.5) is 0 Å². The molecule has 0 bridgehead atoms. The summed E-state index contributed by atoms with van der Waals surface area (Å²) in [4.78, 5) is 2.17. The van der Waals surface area contributed by atoms with Crippen molar-refractivity contribution < 1.29 is 0 Å². The Morgan fingerprint density at radius 3 is 2.36 bits per heavy atom. The summed E-state index contributed by atoms with van der Waals surface area (Å²) in [6, 6.07) is 22.7. The lowest BCUT2D eigenvalue weighted by Gasteiger charge is -2.17. The van der Waals surface area contributed by atoms with E-state index in [1.807, 2.05) is 67.2 Å². The third-order valence-electron chi connectivity index (χ3n) is 4.10. The van der Waals surface area contributed by atoms with Crippen molar-refractivity contribution in [1.82, 2.24) is 14.7 Å². The molecule has 0 fully saturated rings. The third-order valence-corrected chi connectivity index (χ3v) is 4.10. The highest BCUT2D eigenvalue weighted by Gasteiger charge is 2.15. The molecule has 0 saturated carbocycles. The first kappa shape index (κ1) is 16.9. The van der Waals surface area contributed by atoms with Gasteiger partial charge in [0, 0.05) is 30.4 Å². The largest absolute Gasteiger partial charge is 0.301 e. The zero-order valence-electron chi connectivity index (χ0n) is 14.6. The smallest absolute Gasteiger partial charge is 0.0972 e. The highest BCUT2D eigenvalue weighted by Crippen LogP contribution is 2.24. The fourth-order valence-corrected chi connectivity index (χ4v) is 2.94. The van der Waals surface area contributed by atoms with Gasteiger partial charge in [0.25, 0.3) is 0 Å². The zero-order valence-corrected chi connectivity index (χ0v) is 14.6. The molecule has 0 saturated heterocycles. The van der Waals surface area contributed by atoms with Crippen LogP contribution in [0.1, 0.15) is 12.5 Å². The van der Waals surface area contributed by atoms with E-state index in [1.54, 1.807) is 0 Å². The Morgan fingerprint density at radius 2 is 1.72 bits per heavy atom. The molecule has 0 aliphatic carbocycles. The maximum absolute atomic E-state index is 9.04. The minimum absolute atomic E-state index is 0.00865. The second kappa shape index (κ2) is 7.78. The normalized spacial score (nSPS) is 12.1. The first-order valence-electron chi connectivity index (χ1n) is 8.45. The standard InChI is InChI=1S/C21H22N4/c1-17(13-22)14-24(2)15-19-16-25(20-11-7-4-8-12-20)23-21(19)18-9-5-3-6-10-18/h3-12,16-17H,14-15H2,1-2H3/t17-/m1/s1.